The standard InChI is InChI=1S/C16H21F5O7S/c17-15(18,19)12(16(20,21)29(25,26)27)28-13(24)14-5-1-2-9(7-14)6-10(8-14)3-4-11(22)23/h9-10,12H,1-8H2,(H,22,23)(H,25,26,27). The quantitative estimate of drug-likeness (QED) is 0.345. The number of aliphatic carboxylic acids is 1. The topological polar surface area (TPSA) is 118 Å². The van der Waals surface area contributed by atoms with E-state index in [4.69, 9.17) is 9.66 Å². The molecule has 4 atom stereocenters. The van der Waals surface area contributed by atoms with Crippen LogP contribution in [-0.4, -0.2) is 47.6 Å². The van der Waals surface area contributed by atoms with Gasteiger partial charge in [-0.05, 0) is 43.9 Å². The molecule has 0 spiro atoms. The molecule has 29 heavy (non-hydrogen) atoms. The van der Waals surface area contributed by atoms with E-state index < -0.39 is 45.0 Å². The molecule has 2 fully saturated rings. The first-order chi connectivity index (χ1) is 13.1. The number of carbonyl (C=O) groups is 2. The number of halogens is 5. The number of carbonyl (C=O) groups excluding carboxylic acids is 1. The Bertz CT molecular complexity index is 751. The van der Waals surface area contributed by atoms with E-state index in [0.717, 1.165) is 0 Å². The molecule has 0 saturated heterocycles. The Labute approximate surface area is 163 Å². The fourth-order valence-corrected chi connectivity index (χ4v) is 4.94. The first-order valence-corrected chi connectivity index (χ1v) is 10.4. The average Bonchev–Trinajstić information content (AvgIpc) is 2.55. The maximum Gasteiger partial charge on any atom is 0.432 e. The summed E-state index contributed by atoms with van der Waals surface area (Å²) in [5.74, 6) is -3.10. The zero-order valence-corrected chi connectivity index (χ0v) is 15.9. The van der Waals surface area contributed by atoms with Crippen molar-refractivity contribution in [2.45, 2.75) is 68.9 Å². The van der Waals surface area contributed by atoms with Gasteiger partial charge >= 0.3 is 33.5 Å². The highest BCUT2D eigenvalue weighted by Crippen LogP contribution is 2.53. The molecule has 168 valence electrons. The molecule has 2 N–H and O–H groups in total. The number of ether oxygens (including phenoxy) is 1. The molecule has 2 saturated carbocycles. The Kier molecular flexibility index (Phi) is 6.53. The molecule has 13 heteroatoms. The Morgan fingerprint density at radius 2 is 1.79 bits per heavy atom. The number of esters is 1. The third-order valence-corrected chi connectivity index (χ3v) is 6.57. The Morgan fingerprint density at radius 1 is 1.17 bits per heavy atom. The summed E-state index contributed by atoms with van der Waals surface area (Å²) in [6.45, 7) is 0. The molecule has 0 radical (unpaired) electrons. The highest BCUT2D eigenvalue weighted by Gasteiger charge is 2.67. The van der Waals surface area contributed by atoms with Gasteiger partial charge in [-0.25, -0.2) is 0 Å². The van der Waals surface area contributed by atoms with Crippen LogP contribution >= 0.6 is 0 Å². The highest BCUT2D eigenvalue weighted by molar-refractivity contribution is 7.86. The van der Waals surface area contributed by atoms with Gasteiger partial charge in [0.2, 0.25) is 0 Å². The Balaban J connectivity index is 2.28. The number of alkyl halides is 5. The predicted octanol–water partition coefficient (Wildman–Crippen LogP) is 3.39. The van der Waals surface area contributed by atoms with Gasteiger partial charge in [-0.1, -0.05) is 12.8 Å². The van der Waals surface area contributed by atoms with E-state index in [0.29, 0.717) is 19.3 Å². The van der Waals surface area contributed by atoms with Crippen molar-refractivity contribution < 1.29 is 54.4 Å². The molecule has 0 aromatic rings. The zero-order chi connectivity index (χ0) is 22.3. The van der Waals surface area contributed by atoms with Crippen molar-refractivity contribution in [3.05, 3.63) is 0 Å². The monoisotopic (exact) mass is 452 g/mol. The number of carboxylic acid groups (broad SMARTS) is 1. The van der Waals surface area contributed by atoms with Gasteiger partial charge in [0.15, 0.2) is 0 Å². The Morgan fingerprint density at radius 3 is 2.31 bits per heavy atom. The van der Waals surface area contributed by atoms with E-state index in [1.807, 2.05) is 0 Å². The minimum absolute atomic E-state index is 0.0301. The molecule has 2 aliphatic carbocycles. The lowest BCUT2D eigenvalue weighted by atomic mass is 9.58. The minimum Gasteiger partial charge on any atom is -0.481 e. The van der Waals surface area contributed by atoms with Crippen molar-refractivity contribution in [1.82, 2.24) is 0 Å². The maximum atomic E-state index is 13.7. The summed E-state index contributed by atoms with van der Waals surface area (Å²) in [4.78, 5) is 23.4. The van der Waals surface area contributed by atoms with Crippen molar-refractivity contribution >= 4 is 22.1 Å². The largest absolute Gasteiger partial charge is 0.481 e. The van der Waals surface area contributed by atoms with Crippen LogP contribution in [0.2, 0.25) is 0 Å². The third kappa shape index (κ3) is 5.16. The fourth-order valence-electron chi connectivity index (χ4n) is 4.49. The van der Waals surface area contributed by atoms with Crippen LogP contribution in [0, 0.1) is 17.3 Å². The van der Waals surface area contributed by atoms with Crippen LogP contribution in [0.5, 0.6) is 0 Å². The number of carboxylic acids is 1. The second-order valence-corrected chi connectivity index (χ2v) is 9.34. The normalized spacial score (nSPS) is 29.2. The summed E-state index contributed by atoms with van der Waals surface area (Å²) in [7, 11) is -6.51. The highest BCUT2D eigenvalue weighted by atomic mass is 32.2. The van der Waals surface area contributed by atoms with Gasteiger partial charge in [-0.15, -0.1) is 0 Å². The first kappa shape index (κ1) is 23.8. The Hall–Kier alpha value is -1.50. The van der Waals surface area contributed by atoms with Gasteiger partial charge in [0.25, 0.3) is 6.10 Å². The van der Waals surface area contributed by atoms with Gasteiger partial charge < -0.3 is 9.84 Å². The van der Waals surface area contributed by atoms with Crippen molar-refractivity contribution in [2.75, 3.05) is 0 Å². The molecular formula is C16H21F5O7S. The van der Waals surface area contributed by atoms with E-state index in [9.17, 15) is 40.0 Å². The summed E-state index contributed by atoms with van der Waals surface area (Å²) < 4.78 is 101. The van der Waals surface area contributed by atoms with Crippen LogP contribution in [0.1, 0.15) is 51.4 Å². The zero-order valence-electron chi connectivity index (χ0n) is 15.1. The molecular weight excluding hydrogens is 431 g/mol. The lowest BCUT2D eigenvalue weighted by molar-refractivity contribution is -0.264. The summed E-state index contributed by atoms with van der Waals surface area (Å²) in [5, 5.41) is 3.04. The summed E-state index contributed by atoms with van der Waals surface area (Å²) >= 11 is 0. The van der Waals surface area contributed by atoms with Crippen molar-refractivity contribution in [2.24, 2.45) is 17.3 Å². The van der Waals surface area contributed by atoms with Crippen LogP contribution in [0.3, 0.4) is 0 Å². The third-order valence-electron chi connectivity index (χ3n) is 5.66. The molecule has 2 rings (SSSR count). The lowest BCUT2D eigenvalue weighted by Gasteiger charge is -2.47. The first-order valence-electron chi connectivity index (χ1n) is 8.93. The number of rotatable bonds is 7. The molecule has 0 amide bonds. The van der Waals surface area contributed by atoms with Crippen LogP contribution in [0.4, 0.5) is 22.0 Å². The van der Waals surface area contributed by atoms with E-state index in [1.165, 1.54) is 0 Å². The molecule has 0 aromatic carbocycles. The summed E-state index contributed by atoms with van der Waals surface area (Å²) in [6.07, 6.45) is -8.56. The summed E-state index contributed by atoms with van der Waals surface area (Å²) in [6, 6.07) is 0. The predicted molar refractivity (Wildman–Crippen MR) is 86.4 cm³/mol. The van der Waals surface area contributed by atoms with Gasteiger partial charge in [-0.2, -0.15) is 30.4 Å². The van der Waals surface area contributed by atoms with Gasteiger partial charge in [0.1, 0.15) is 0 Å². The maximum absolute atomic E-state index is 13.7. The van der Waals surface area contributed by atoms with Gasteiger partial charge in [-0.3, -0.25) is 14.1 Å². The number of fused-ring (bicyclic) bond motifs is 2. The van der Waals surface area contributed by atoms with Gasteiger partial charge in [0, 0.05) is 6.42 Å². The number of hydrogen-bond donors (Lipinski definition) is 2. The van der Waals surface area contributed by atoms with Crippen LogP contribution in [0.15, 0.2) is 0 Å². The molecule has 2 aliphatic rings. The fraction of sp³-hybridized carbons (Fsp3) is 0.875. The molecule has 2 bridgehead atoms. The van der Waals surface area contributed by atoms with E-state index >= 15 is 0 Å². The molecule has 0 aromatic heterocycles. The van der Waals surface area contributed by atoms with Crippen LogP contribution < -0.4 is 0 Å². The second-order valence-electron chi connectivity index (χ2n) is 7.84. The molecule has 0 aliphatic heterocycles. The van der Waals surface area contributed by atoms with Crippen molar-refractivity contribution in [3.8, 4) is 0 Å². The SMILES string of the molecule is O=C(O)CCC1CC2CCCC(C(=O)OC(C(F)(F)F)C(F)(F)S(=O)(=O)O)(C2)C1. The average molecular weight is 452 g/mol. The van der Waals surface area contributed by atoms with E-state index in [-0.39, 0.29) is 43.9 Å². The van der Waals surface area contributed by atoms with E-state index in [2.05, 4.69) is 4.74 Å². The summed E-state index contributed by atoms with van der Waals surface area (Å²) in [5.41, 5.74) is -1.52. The van der Waals surface area contributed by atoms with Crippen molar-refractivity contribution in [1.29, 1.82) is 0 Å². The van der Waals surface area contributed by atoms with Crippen LogP contribution in [0.25, 0.3) is 0 Å². The van der Waals surface area contributed by atoms with Gasteiger partial charge in [0.05, 0.1) is 5.41 Å². The lowest BCUT2D eigenvalue weighted by Crippen LogP contribution is -2.54. The molecule has 7 nitrogen and oxygen atoms in total. The van der Waals surface area contributed by atoms with Crippen molar-refractivity contribution in [3.63, 3.8) is 0 Å². The molecule has 0 heterocycles. The smallest absolute Gasteiger partial charge is 0.432 e. The molecule has 4 unspecified atom stereocenters. The van der Waals surface area contributed by atoms with Crippen LogP contribution in [-0.2, 0) is 24.4 Å². The second kappa shape index (κ2) is 7.97. The van der Waals surface area contributed by atoms with E-state index in [1.54, 1.807) is 0 Å². The minimum atomic E-state index is -6.51. The number of hydrogen-bond acceptors (Lipinski definition) is 5.